The second-order valence-corrected chi connectivity index (χ2v) is 5.77. The quantitative estimate of drug-likeness (QED) is 0.779. The van der Waals surface area contributed by atoms with E-state index in [4.69, 9.17) is 10.5 Å². The average Bonchev–Trinajstić information content (AvgIpc) is 2.54. The van der Waals surface area contributed by atoms with Crippen LogP contribution in [0, 0.1) is 0 Å². The van der Waals surface area contributed by atoms with E-state index in [1.165, 1.54) is 0 Å². The number of carbonyl (C=O) groups is 2. The molecule has 0 spiro atoms. The Morgan fingerprint density at radius 2 is 1.96 bits per heavy atom. The summed E-state index contributed by atoms with van der Waals surface area (Å²) in [5.41, 5.74) is 6.07. The van der Waals surface area contributed by atoms with Crippen molar-refractivity contribution in [3.8, 4) is 0 Å². The molecule has 1 aliphatic heterocycles. The number of primary amides is 1. The van der Waals surface area contributed by atoms with Gasteiger partial charge in [-0.25, -0.2) is 0 Å². The van der Waals surface area contributed by atoms with Crippen LogP contribution >= 0.6 is 0 Å². The summed E-state index contributed by atoms with van der Waals surface area (Å²) < 4.78 is 5.62. The van der Waals surface area contributed by atoms with E-state index in [1.807, 2.05) is 42.2 Å². The summed E-state index contributed by atoms with van der Waals surface area (Å²) in [4.78, 5) is 25.5. The van der Waals surface area contributed by atoms with E-state index in [0.29, 0.717) is 6.61 Å². The standard InChI is InChI=1S/C17H25N3O3/c1-2-23-16(13-6-4-3-5-7-13)17(22)19-14-8-10-20(11-9-14)12-15(18)21/h3-7,14,16H,2,8-12H2,1H3,(H2,18,21)(H,19,22)/t16-/m1/s1. The lowest BCUT2D eigenvalue weighted by molar-refractivity contribution is -0.134. The number of carbonyl (C=O) groups excluding carboxylic acids is 2. The number of rotatable bonds is 7. The molecular weight excluding hydrogens is 294 g/mol. The molecule has 0 aromatic heterocycles. The zero-order valence-electron chi connectivity index (χ0n) is 13.5. The summed E-state index contributed by atoms with van der Waals surface area (Å²) in [5, 5.41) is 3.07. The van der Waals surface area contributed by atoms with Crippen molar-refractivity contribution in [1.29, 1.82) is 0 Å². The lowest BCUT2D eigenvalue weighted by Crippen LogP contribution is -2.47. The highest BCUT2D eigenvalue weighted by molar-refractivity contribution is 5.82. The number of hydrogen-bond donors (Lipinski definition) is 2. The van der Waals surface area contributed by atoms with E-state index < -0.39 is 6.10 Å². The number of piperidine rings is 1. The number of amides is 2. The highest BCUT2D eigenvalue weighted by atomic mass is 16.5. The van der Waals surface area contributed by atoms with Crippen LogP contribution < -0.4 is 11.1 Å². The van der Waals surface area contributed by atoms with E-state index in [0.717, 1.165) is 31.5 Å². The predicted molar refractivity (Wildman–Crippen MR) is 87.6 cm³/mol. The molecular formula is C17H25N3O3. The topological polar surface area (TPSA) is 84.7 Å². The van der Waals surface area contributed by atoms with Crippen LogP contribution in [-0.2, 0) is 14.3 Å². The molecule has 1 fully saturated rings. The van der Waals surface area contributed by atoms with E-state index in [1.54, 1.807) is 0 Å². The Balaban J connectivity index is 1.89. The molecule has 0 bridgehead atoms. The summed E-state index contributed by atoms with van der Waals surface area (Å²) in [7, 11) is 0. The van der Waals surface area contributed by atoms with Gasteiger partial charge in [-0.05, 0) is 25.3 Å². The smallest absolute Gasteiger partial charge is 0.253 e. The van der Waals surface area contributed by atoms with E-state index in [9.17, 15) is 9.59 Å². The van der Waals surface area contributed by atoms with Crippen molar-refractivity contribution in [2.75, 3.05) is 26.2 Å². The second kappa shape index (κ2) is 8.64. The zero-order chi connectivity index (χ0) is 16.7. The van der Waals surface area contributed by atoms with Crippen molar-refractivity contribution >= 4 is 11.8 Å². The van der Waals surface area contributed by atoms with Gasteiger partial charge in [0.15, 0.2) is 6.10 Å². The maximum Gasteiger partial charge on any atom is 0.253 e. The first-order chi connectivity index (χ1) is 11.1. The van der Waals surface area contributed by atoms with Gasteiger partial charge < -0.3 is 15.8 Å². The molecule has 1 saturated heterocycles. The molecule has 1 aromatic rings. The first kappa shape index (κ1) is 17.4. The van der Waals surface area contributed by atoms with Crippen LogP contribution in [0.1, 0.15) is 31.4 Å². The van der Waals surface area contributed by atoms with Gasteiger partial charge in [-0.1, -0.05) is 30.3 Å². The lowest BCUT2D eigenvalue weighted by Gasteiger charge is -2.32. The largest absolute Gasteiger partial charge is 0.369 e. The van der Waals surface area contributed by atoms with Gasteiger partial charge in [-0.3, -0.25) is 14.5 Å². The van der Waals surface area contributed by atoms with Crippen LogP contribution in [0.2, 0.25) is 0 Å². The van der Waals surface area contributed by atoms with Crippen LogP contribution in [-0.4, -0.2) is 49.0 Å². The Morgan fingerprint density at radius 1 is 1.30 bits per heavy atom. The van der Waals surface area contributed by atoms with Gasteiger partial charge >= 0.3 is 0 Å². The van der Waals surface area contributed by atoms with Crippen molar-refractivity contribution in [2.45, 2.75) is 31.9 Å². The van der Waals surface area contributed by atoms with Gasteiger partial charge in [0.2, 0.25) is 5.91 Å². The number of nitrogens with one attached hydrogen (secondary N) is 1. The minimum atomic E-state index is -0.579. The zero-order valence-corrected chi connectivity index (χ0v) is 13.5. The summed E-state index contributed by atoms with van der Waals surface area (Å²) in [6.07, 6.45) is 1.05. The molecule has 0 unspecified atom stereocenters. The Kier molecular flexibility index (Phi) is 6.55. The maximum atomic E-state index is 12.5. The molecule has 3 N–H and O–H groups in total. The number of hydrogen-bond acceptors (Lipinski definition) is 4. The third-order valence-corrected chi connectivity index (χ3v) is 3.99. The fraction of sp³-hybridized carbons (Fsp3) is 0.529. The summed E-state index contributed by atoms with van der Waals surface area (Å²) >= 11 is 0. The van der Waals surface area contributed by atoms with Crippen molar-refractivity contribution in [3.05, 3.63) is 35.9 Å². The normalized spacial score (nSPS) is 17.6. The Morgan fingerprint density at radius 3 is 2.52 bits per heavy atom. The molecule has 0 radical (unpaired) electrons. The average molecular weight is 319 g/mol. The van der Waals surface area contributed by atoms with Crippen molar-refractivity contribution in [3.63, 3.8) is 0 Å². The van der Waals surface area contributed by atoms with Crippen molar-refractivity contribution in [1.82, 2.24) is 10.2 Å². The maximum absolute atomic E-state index is 12.5. The number of nitrogens with two attached hydrogens (primary N) is 1. The minimum absolute atomic E-state index is 0.105. The van der Waals surface area contributed by atoms with E-state index in [-0.39, 0.29) is 24.4 Å². The van der Waals surface area contributed by atoms with Crippen LogP contribution in [0.25, 0.3) is 0 Å². The number of likely N-dealkylation sites (tertiary alicyclic amines) is 1. The molecule has 126 valence electrons. The first-order valence-corrected chi connectivity index (χ1v) is 8.07. The molecule has 6 heteroatoms. The third kappa shape index (κ3) is 5.33. The fourth-order valence-corrected chi connectivity index (χ4v) is 2.85. The Bertz CT molecular complexity index is 513. The molecule has 0 saturated carbocycles. The van der Waals surface area contributed by atoms with Gasteiger partial charge in [-0.15, -0.1) is 0 Å². The summed E-state index contributed by atoms with van der Waals surface area (Å²) in [5.74, 6) is -0.417. The minimum Gasteiger partial charge on any atom is -0.369 e. The number of benzene rings is 1. The van der Waals surface area contributed by atoms with Crippen LogP contribution in [0.4, 0.5) is 0 Å². The van der Waals surface area contributed by atoms with E-state index >= 15 is 0 Å². The lowest BCUT2D eigenvalue weighted by atomic mass is 10.0. The molecule has 0 aliphatic carbocycles. The fourth-order valence-electron chi connectivity index (χ4n) is 2.85. The van der Waals surface area contributed by atoms with Crippen LogP contribution in [0.5, 0.6) is 0 Å². The predicted octanol–water partition coefficient (Wildman–Crippen LogP) is 0.830. The molecule has 1 atom stereocenters. The van der Waals surface area contributed by atoms with Crippen LogP contribution in [0.3, 0.4) is 0 Å². The van der Waals surface area contributed by atoms with Crippen molar-refractivity contribution < 1.29 is 14.3 Å². The highest BCUT2D eigenvalue weighted by Gasteiger charge is 2.26. The number of ether oxygens (including phenoxy) is 1. The highest BCUT2D eigenvalue weighted by Crippen LogP contribution is 2.19. The van der Waals surface area contributed by atoms with Gasteiger partial charge in [0, 0.05) is 25.7 Å². The molecule has 6 nitrogen and oxygen atoms in total. The van der Waals surface area contributed by atoms with Crippen molar-refractivity contribution in [2.24, 2.45) is 5.73 Å². The molecule has 1 aromatic carbocycles. The SMILES string of the molecule is CCO[C@@H](C(=O)NC1CCN(CC(N)=O)CC1)c1ccccc1. The number of nitrogens with zero attached hydrogens (tertiary/aromatic N) is 1. The Labute approximate surface area is 137 Å². The second-order valence-electron chi connectivity index (χ2n) is 5.77. The molecule has 2 rings (SSSR count). The monoisotopic (exact) mass is 319 g/mol. The first-order valence-electron chi connectivity index (χ1n) is 8.07. The Hall–Kier alpha value is -1.92. The third-order valence-electron chi connectivity index (χ3n) is 3.99. The van der Waals surface area contributed by atoms with Gasteiger partial charge in [0.05, 0.1) is 6.54 Å². The summed E-state index contributed by atoms with van der Waals surface area (Å²) in [6.45, 7) is 4.17. The molecule has 1 aliphatic rings. The van der Waals surface area contributed by atoms with E-state index in [2.05, 4.69) is 5.32 Å². The van der Waals surface area contributed by atoms with Crippen LogP contribution in [0.15, 0.2) is 30.3 Å². The van der Waals surface area contributed by atoms with Gasteiger partial charge in [0.1, 0.15) is 0 Å². The molecule has 1 heterocycles. The van der Waals surface area contributed by atoms with Gasteiger partial charge in [0.25, 0.3) is 5.91 Å². The molecule has 2 amide bonds. The summed E-state index contributed by atoms with van der Waals surface area (Å²) in [6, 6.07) is 9.62. The molecule has 23 heavy (non-hydrogen) atoms. The van der Waals surface area contributed by atoms with Gasteiger partial charge in [-0.2, -0.15) is 0 Å².